The van der Waals surface area contributed by atoms with Crippen LogP contribution in [0, 0.1) is 6.92 Å². The summed E-state index contributed by atoms with van der Waals surface area (Å²) in [5, 5.41) is 7.07. The molecule has 0 unspecified atom stereocenters. The summed E-state index contributed by atoms with van der Waals surface area (Å²) >= 11 is 0. The van der Waals surface area contributed by atoms with E-state index in [4.69, 9.17) is 4.52 Å². The van der Waals surface area contributed by atoms with Crippen LogP contribution in [-0.4, -0.2) is 31.2 Å². The summed E-state index contributed by atoms with van der Waals surface area (Å²) in [7, 11) is 0. The number of hydrogen-bond acceptors (Lipinski definition) is 6. The zero-order valence-electron chi connectivity index (χ0n) is 11.0. The number of pyridine rings is 1. The maximum absolute atomic E-state index is 5.19. The van der Waals surface area contributed by atoms with Crippen molar-refractivity contribution in [2.75, 3.05) is 11.9 Å². The molecule has 0 amide bonds. The molecule has 0 fully saturated rings. The van der Waals surface area contributed by atoms with Crippen LogP contribution in [0.2, 0.25) is 0 Å². The highest BCUT2D eigenvalue weighted by atomic mass is 16.5. The van der Waals surface area contributed by atoms with Crippen LogP contribution in [0.3, 0.4) is 0 Å². The molecule has 0 aliphatic heterocycles. The standard InChI is InChI=1S/C13H14N6O/c1-10-17-13(20-18-10)11-3-2-4-15-12(11)16-6-8-19-7-5-14-9-19/h2-5,7,9H,6,8H2,1H3,(H,15,16). The Kier molecular flexibility index (Phi) is 3.40. The molecule has 0 aliphatic carbocycles. The molecule has 20 heavy (non-hydrogen) atoms. The molecule has 3 heterocycles. The summed E-state index contributed by atoms with van der Waals surface area (Å²) in [6, 6.07) is 3.75. The largest absolute Gasteiger partial charge is 0.368 e. The summed E-state index contributed by atoms with van der Waals surface area (Å²) < 4.78 is 7.18. The van der Waals surface area contributed by atoms with Crippen molar-refractivity contribution in [1.82, 2.24) is 24.7 Å². The quantitative estimate of drug-likeness (QED) is 0.760. The second-order valence-corrected chi connectivity index (χ2v) is 4.27. The van der Waals surface area contributed by atoms with Gasteiger partial charge in [-0.1, -0.05) is 5.16 Å². The number of aromatic nitrogens is 5. The molecule has 0 bridgehead atoms. The van der Waals surface area contributed by atoms with Gasteiger partial charge in [-0.25, -0.2) is 9.97 Å². The van der Waals surface area contributed by atoms with E-state index in [2.05, 4.69) is 25.4 Å². The fourth-order valence-corrected chi connectivity index (χ4v) is 1.85. The number of nitrogens with zero attached hydrogens (tertiary/aromatic N) is 5. The molecule has 7 heteroatoms. The van der Waals surface area contributed by atoms with Crippen molar-refractivity contribution in [3.8, 4) is 11.5 Å². The van der Waals surface area contributed by atoms with E-state index >= 15 is 0 Å². The van der Waals surface area contributed by atoms with Crippen LogP contribution in [0.25, 0.3) is 11.5 Å². The van der Waals surface area contributed by atoms with E-state index in [0.29, 0.717) is 11.7 Å². The van der Waals surface area contributed by atoms with Crippen molar-refractivity contribution >= 4 is 5.82 Å². The molecule has 102 valence electrons. The molecule has 0 radical (unpaired) electrons. The fourth-order valence-electron chi connectivity index (χ4n) is 1.85. The highest BCUT2D eigenvalue weighted by molar-refractivity contribution is 5.68. The smallest absolute Gasteiger partial charge is 0.261 e. The second-order valence-electron chi connectivity index (χ2n) is 4.27. The molecule has 0 atom stereocenters. The van der Waals surface area contributed by atoms with Crippen molar-refractivity contribution in [3.05, 3.63) is 42.9 Å². The van der Waals surface area contributed by atoms with Crippen LogP contribution in [-0.2, 0) is 6.54 Å². The van der Waals surface area contributed by atoms with Gasteiger partial charge in [0.05, 0.1) is 11.9 Å². The van der Waals surface area contributed by atoms with Crippen LogP contribution in [0.1, 0.15) is 5.82 Å². The van der Waals surface area contributed by atoms with Gasteiger partial charge in [-0.15, -0.1) is 0 Å². The van der Waals surface area contributed by atoms with Gasteiger partial charge < -0.3 is 14.4 Å². The molecule has 0 aliphatic rings. The van der Waals surface area contributed by atoms with Crippen LogP contribution in [0.15, 0.2) is 41.6 Å². The first-order valence-electron chi connectivity index (χ1n) is 6.28. The van der Waals surface area contributed by atoms with Gasteiger partial charge in [0.1, 0.15) is 5.82 Å². The lowest BCUT2D eigenvalue weighted by atomic mass is 10.2. The Morgan fingerprint density at radius 2 is 2.30 bits per heavy atom. The molecule has 3 aromatic rings. The number of imidazole rings is 1. The van der Waals surface area contributed by atoms with Crippen LogP contribution >= 0.6 is 0 Å². The second kappa shape index (κ2) is 5.52. The third-order valence-electron chi connectivity index (χ3n) is 2.79. The van der Waals surface area contributed by atoms with Crippen LogP contribution in [0.5, 0.6) is 0 Å². The van der Waals surface area contributed by atoms with E-state index < -0.39 is 0 Å². The Balaban J connectivity index is 1.73. The van der Waals surface area contributed by atoms with Crippen molar-refractivity contribution in [3.63, 3.8) is 0 Å². The number of anilines is 1. The summed E-state index contributed by atoms with van der Waals surface area (Å²) in [6.45, 7) is 3.32. The van der Waals surface area contributed by atoms with Gasteiger partial charge in [0.15, 0.2) is 5.82 Å². The lowest BCUT2D eigenvalue weighted by Gasteiger charge is -2.08. The SMILES string of the molecule is Cc1noc(-c2cccnc2NCCn2ccnc2)n1. The van der Waals surface area contributed by atoms with E-state index in [9.17, 15) is 0 Å². The Bertz CT molecular complexity index is 676. The van der Waals surface area contributed by atoms with E-state index in [1.807, 2.05) is 22.9 Å². The minimum Gasteiger partial charge on any atom is -0.368 e. The maximum Gasteiger partial charge on any atom is 0.261 e. The number of rotatable bonds is 5. The van der Waals surface area contributed by atoms with Gasteiger partial charge in [0.25, 0.3) is 5.89 Å². The van der Waals surface area contributed by atoms with Gasteiger partial charge in [-0.2, -0.15) is 4.98 Å². The summed E-state index contributed by atoms with van der Waals surface area (Å²) in [5.41, 5.74) is 0.804. The Hall–Kier alpha value is -2.70. The molecule has 3 aromatic heterocycles. The molecule has 0 spiro atoms. The number of aryl methyl sites for hydroxylation is 1. The number of hydrogen-bond donors (Lipinski definition) is 1. The van der Waals surface area contributed by atoms with Crippen molar-refractivity contribution in [2.24, 2.45) is 0 Å². The van der Waals surface area contributed by atoms with Gasteiger partial charge in [-0.05, 0) is 19.1 Å². The highest BCUT2D eigenvalue weighted by Crippen LogP contribution is 2.23. The minimum absolute atomic E-state index is 0.473. The third-order valence-corrected chi connectivity index (χ3v) is 2.79. The van der Waals surface area contributed by atoms with Crippen molar-refractivity contribution < 1.29 is 4.52 Å². The predicted octanol–water partition coefficient (Wildman–Crippen LogP) is 1.75. The normalized spacial score (nSPS) is 10.7. The Labute approximate surface area is 115 Å². The molecular weight excluding hydrogens is 256 g/mol. The van der Waals surface area contributed by atoms with Crippen LogP contribution in [0.4, 0.5) is 5.82 Å². The Morgan fingerprint density at radius 1 is 1.35 bits per heavy atom. The predicted molar refractivity (Wildman–Crippen MR) is 73.0 cm³/mol. The maximum atomic E-state index is 5.19. The van der Waals surface area contributed by atoms with Gasteiger partial charge >= 0.3 is 0 Å². The summed E-state index contributed by atoms with van der Waals surface area (Å²) in [5.74, 6) is 1.81. The zero-order chi connectivity index (χ0) is 13.8. The first-order valence-corrected chi connectivity index (χ1v) is 6.28. The summed E-state index contributed by atoms with van der Waals surface area (Å²) in [4.78, 5) is 12.5. The first kappa shape index (κ1) is 12.3. The first-order chi connectivity index (χ1) is 9.83. The van der Waals surface area contributed by atoms with E-state index in [0.717, 1.165) is 24.5 Å². The van der Waals surface area contributed by atoms with E-state index in [-0.39, 0.29) is 0 Å². The van der Waals surface area contributed by atoms with E-state index in [1.165, 1.54) is 0 Å². The summed E-state index contributed by atoms with van der Waals surface area (Å²) in [6.07, 6.45) is 7.18. The van der Waals surface area contributed by atoms with Gasteiger partial charge in [0, 0.05) is 31.7 Å². The van der Waals surface area contributed by atoms with Gasteiger partial charge in [0.2, 0.25) is 0 Å². The molecule has 0 saturated carbocycles. The molecular formula is C13H14N6O. The highest BCUT2D eigenvalue weighted by Gasteiger charge is 2.11. The van der Waals surface area contributed by atoms with Crippen LogP contribution < -0.4 is 5.32 Å². The molecule has 0 saturated heterocycles. The topological polar surface area (TPSA) is 81.7 Å². The molecule has 0 aromatic carbocycles. The number of nitrogens with one attached hydrogen (secondary N) is 1. The van der Waals surface area contributed by atoms with Gasteiger partial charge in [-0.3, -0.25) is 0 Å². The third kappa shape index (κ3) is 2.66. The molecule has 1 N–H and O–H groups in total. The van der Waals surface area contributed by atoms with Crippen molar-refractivity contribution in [2.45, 2.75) is 13.5 Å². The minimum atomic E-state index is 0.473. The average molecular weight is 270 g/mol. The fraction of sp³-hybridized carbons (Fsp3) is 0.231. The molecule has 7 nitrogen and oxygen atoms in total. The van der Waals surface area contributed by atoms with E-state index in [1.54, 1.807) is 25.6 Å². The Morgan fingerprint density at radius 3 is 3.05 bits per heavy atom. The lowest BCUT2D eigenvalue weighted by molar-refractivity contribution is 0.425. The molecule has 3 rings (SSSR count). The monoisotopic (exact) mass is 270 g/mol. The lowest BCUT2D eigenvalue weighted by Crippen LogP contribution is -2.10. The average Bonchev–Trinajstić information content (AvgIpc) is 3.11. The zero-order valence-corrected chi connectivity index (χ0v) is 11.0. The van der Waals surface area contributed by atoms with Crippen molar-refractivity contribution in [1.29, 1.82) is 0 Å².